The number of nitrogens with zero attached hydrogens (tertiary/aromatic N) is 1. The average Bonchev–Trinajstić information content (AvgIpc) is 2.42. The highest BCUT2D eigenvalue weighted by Gasteiger charge is 2.07. The zero-order valence-corrected chi connectivity index (χ0v) is 9.91. The molecule has 0 bridgehead atoms. The van der Waals surface area contributed by atoms with Crippen molar-refractivity contribution in [3.63, 3.8) is 0 Å². The van der Waals surface area contributed by atoms with Gasteiger partial charge in [-0.25, -0.2) is 0 Å². The Bertz CT molecular complexity index is 583. The van der Waals surface area contributed by atoms with E-state index in [1.165, 1.54) is 0 Å². The number of anilines is 2. The van der Waals surface area contributed by atoms with Crippen molar-refractivity contribution < 1.29 is 4.79 Å². The lowest BCUT2D eigenvalue weighted by Crippen LogP contribution is -2.13. The first-order chi connectivity index (χ1) is 8.85. The number of benzene rings is 2. The molecule has 0 heterocycles. The van der Waals surface area contributed by atoms with E-state index in [9.17, 15) is 4.79 Å². The van der Waals surface area contributed by atoms with Crippen LogP contribution in [0.4, 0.5) is 11.4 Å². The van der Waals surface area contributed by atoms with Crippen molar-refractivity contribution in [2.45, 2.75) is 0 Å². The van der Waals surface area contributed by atoms with Crippen LogP contribution in [0.5, 0.6) is 0 Å². The van der Waals surface area contributed by atoms with Gasteiger partial charge in [-0.05, 0) is 35.9 Å². The van der Waals surface area contributed by atoms with Crippen LogP contribution in [-0.2, 0) is 4.79 Å². The third kappa shape index (κ3) is 2.57. The minimum absolute atomic E-state index is 0.812. The van der Waals surface area contributed by atoms with E-state index in [1.54, 1.807) is 11.0 Å². The van der Waals surface area contributed by atoms with Crippen molar-refractivity contribution in [1.29, 1.82) is 0 Å². The molecular formula is C16H13NO. The number of carbonyl (C=O) groups is 1. The molecule has 0 atom stereocenters. The summed E-state index contributed by atoms with van der Waals surface area (Å²) in [7, 11) is 0. The molecule has 2 nitrogen and oxygen atoms in total. The van der Waals surface area contributed by atoms with Gasteiger partial charge in [-0.15, -0.1) is 5.73 Å². The largest absolute Gasteiger partial charge is 0.284 e. The van der Waals surface area contributed by atoms with Crippen LogP contribution < -0.4 is 4.90 Å². The summed E-state index contributed by atoms with van der Waals surface area (Å²) in [5, 5.41) is 0. The molecule has 0 fully saturated rings. The third-order valence-electron chi connectivity index (χ3n) is 2.56. The van der Waals surface area contributed by atoms with Crippen LogP contribution in [0.2, 0.25) is 0 Å². The highest BCUT2D eigenvalue weighted by molar-refractivity contribution is 5.86. The van der Waals surface area contributed by atoms with E-state index in [0.29, 0.717) is 0 Å². The summed E-state index contributed by atoms with van der Waals surface area (Å²) < 4.78 is 0. The Labute approximate surface area is 106 Å². The van der Waals surface area contributed by atoms with E-state index in [-0.39, 0.29) is 0 Å². The normalized spacial score (nSPS) is 9.33. The van der Waals surface area contributed by atoms with Crippen molar-refractivity contribution in [2.75, 3.05) is 4.90 Å². The Balaban J connectivity index is 2.42. The third-order valence-corrected chi connectivity index (χ3v) is 2.56. The van der Waals surface area contributed by atoms with Crippen LogP contribution in [0.1, 0.15) is 5.56 Å². The van der Waals surface area contributed by atoms with Crippen LogP contribution in [0.15, 0.2) is 66.9 Å². The molecular weight excluding hydrogens is 222 g/mol. The van der Waals surface area contributed by atoms with Gasteiger partial charge in [0.15, 0.2) is 0 Å². The van der Waals surface area contributed by atoms with Gasteiger partial charge in [0.2, 0.25) is 6.41 Å². The predicted octanol–water partition coefficient (Wildman–Crippen LogP) is 3.78. The van der Waals surface area contributed by atoms with Gasteiger partial charge in [0.05, 0.1) is 0 Å². The summed E-state index contributed by atoms with van der Waals surface area (Å²) in [4.78, 5) is 12.9. The summed E-state index contributed by atoms with van der Waals surface area (Å²) in [6.07, 6.45) is 2.59. The summed E-state index contributed by atoms with van der Waals surface area (Å²) >= 11 is 0. The zero-order valence-electron chi connectivity index (χ0n) is 9.91. The molecule has 0 aliphatic carbocycles. The Morgan fingerprint density at radius 1 is 1.00 bits per heavy atom. The summed E-state index contributed by atoms with van der Waals surface area (Å²) in [6, 6.07) is 17.2. The topological polar surface area (TPSA) is 20.3 Å². The SMILES string of the molecule is C=C=Cc1cccc(N(C=O)c2ccccc2)c1. The Hall–Kier alpha value is -2.57. The van der Waals surface area contributed by atoms with Gasteiger partial charge in [0.25, 0.3) is 0 Å². The lowest BCUT2D eigenvalue weighted by atomic mass is 10.1. The smallest absolute Gasteiger partial charge is 0.218 e. The number of rotatable bonds is 4. The van der Waals surface area contributed by atoms with E-state index in [1.807, 2.05) is 54.6 Å². The molecule has 0 unspecified atom stereocenters. The molecule has 2 aromatic rings. The number of hydrogen-bond acceptors (Lipinski definition) is 1. The molecule has 0 saturated carbocycles. The predicted molar refractivity (Wildman–Crippen MR) is 74.7 cm³/mol. The highest BCUT2D eigenvalue weighted by Crippen LogP contribution is 2.24. The molecule has 0 N–H and O–H groups in total. The first-order valence-electron chi connectivity index (χ1n) is 5.60. The average molecular weight is 235 g/mol. The van der Waals surface area contributed by atoms with Crippen molar-refractivity contribution in [1.82, 2.24) is 0 Å². The second-order valence-electron chi connectivity index (χ2n) is 3.75. The van der Waals surface area contributed by atoms with E-state index in [4.69, 9.17) is 0 Å². The van der Waals surface area contributed by atoms with Crippen molar-refractivity contribution in [3.05, 3.63) is 72.5 Å². The molecule has 88 valence electrons. The monoisotopic (exact) mass is 235 g/mol. The number of para-hydroxylation sites is 1. The fourth-order valence-electron chi connectivity index (χ4n) is 1.74. The summed E-state index contributed by atoms with van der Waals surface area (Å²) in [5.74, 6) is 0. The fourth-order valence-corrected chi connectivity index (χ4v) is 1.74. The first-order valence-corrected chi connectivity index (χ1v) is 5.60. The lowest BCUT2D eigenvalue weighted by Gasteiger charge is -2.17. The fraction of sp³-hybridized carbons (Fsp3) is 0. The molecule has 2 aromatic carbocycles. The molecule has 2 heteroatoms. The van der Waals surface area contributed by atoms with E-state index < -0.39 is 0 Å². The van der Waals surface area contributed by atoms with Crippen molar-refractivity contribution in [3.8, 4) is 0 Å². The molecule has 0 radical (unpaired) electrons. The van der Waals surface area contributed by atoms with Gasteiger partial charge in [-0.1, -0.05) is 36.9 Å². The van der Waals surface area contributed by atoms with Gasteiger partial charge in [0, 0.05) is 11.4 Å². The summed E-state index contributed by atoms with van der Waals surface area (Å²) in [6.45, 7) is 3.55. The van der Waals surface area contributed by atoms with Crippen molar-refractivity contribution in [2.24, 2.45) is 0 Å². The number of carbonyl (C=O) groups excluding carboxylic acids is 1. The van der Waals surface area contributed by atoms with Gasteiger partial charge in [-0.2, -0.15) is 0 Å². The van der Waals surface area contributed by atoms with Crippen molar-refractivity contribution >= 4 is 23.9 Å². The highest BCUT2D eigenvalue weighted by atomic mass is 16.1. The van der Waals surface area contributed by atoms with Crippen LogP contribution in [0, 0.1) is 0 Å². The molecule has 0 saturated heterocycles. The van der Waals surface area contributed by atoms with E-state index in [2.05, 4.69) is 12.3 Å². The van der Waals surface area contributed by atoms with Crippen LogP contribution >= 0.6 is 0 Å². The van der Waals surface area contributed by atoms with Crippen LogP contribution in [-0.4, -0.2) is 6.41 Å². The molecule has 0 aliphatic heterocycles. The van der Waals surface area contributed by atoms with Gasteiger partial charge >= 0.3 is 0 Å². The van der Waals surface area contributed by atoms with E-state index >= 15 is 0 Å². The van der Waals surface area contributed by atoms with Crippen LogP contribution in [0.25, 0.3) is 6.08 Å². The minimum atomic E-state index is 0.812. The zero-order chi connectivity index (χ0) is 12.8. The second kappa shape index (κ2) is 5.67. The molecule has 2 rings (SSSR count). The molecule has 0 spiro atoms. The Morgan fingerprint density at radius 3 is 2.39 bits per heavy atom. The maximum Gasteiger partial charge on any atom is 0.218 e. The maximum atomic E-state index is 11.3. The van der Waals surface area contributed by atoms with Gasteiger partial charge in [-0.3, -0.25) is 9.69 Å². The number of amides is 1. The Kier molecular flexibility index (Phi) is 3.75. The quantitative estimate of drug-likeness (QED) is 0.583. The van der Waals surface area contributed by atoms with Gasteiger partial charge in [0.1, 0.15) is 0 Å². The van der Waals surface area contributed by atoms with Crippen LogP contribution in [0.3, 0.4) is 0 Å². The number of hydrogen-bond donors (Lipinski definition) is 0. The van der Waals surface area contributed by atoms with E-state index in [0.717, 1.165) is 23.3 Å². The minimum Gasteiger partial charge on any atom is -0.284 e. The Morgan fingerprint density at radius 2 is 1.72 bits per heavy atom. The first kappa shape index (κ1) is 11.9. The lowest BCUT2D eigenvalue weighted by molar-refractivity contribution is -0.106. The molecule has 18 heavy (non-hydrogen) atoms. The molecule has 0 aliphatic rings. The molecule has 1 amide bonds. The summed E-state index contributed by atoms with van der Waals surface area (Å²) in [5.41, 5.74) is 5.35. The van der Waals surface area contributed by atoms with Gasteiger partial charge < -0.3 is 0 Å². The molecule has 0 aromatic heterocycles. The second-order valence-corrected chi connectivity index (χ2v) is 3.75. The standard InChI is InChI=1S/C16H13NO/c1-2-7-14-8-6-11-16(12-14)17(13-18)15-9-4-3-5-10-15/h3-13H,1H2. The maximum absolute atomic E-state index is 11.3.